The smallest absolute Gasteiger partial charge is 0.126 e. The van der Waals surface area contributed by atoms with Crippen LogP contribution in [0.2, 0.25) is 0 Å². The molecule has 0 radical (unpaired) electrons. The molecule has 1 aromatic carbocycles. The monoisotopic (exact) mass is 175 g/mol. The topological polar surface area (TPSA) is 26.0 Å². The molecule has 0 bridgehead atoms. The average molecular weight is 175 g/mol. The summed E-state index contributed by atoms with van der Waals surface area (Å²) in [5.74, 6) is -1.48. The minimum atomic E-state index is -0.949. The number of benzene rings is 1. The molecule has 0 fully saturated rings. The van der Waals surface area contributed by atoms with Crippen molar-refractivity contribution in [2.45, 2.75) is 6.04 Å². The zero-order chi connectivity index (χ0) is 9.14. The molecule has 1 rings (SSSR count). The molecule has 1 atom stereocenters. The highest BCUT2D eigenvalue weighted by Crippen LogP contribution is 2.14. The SMILES string of the molecule is N[C@H](CF)c1cc(F)cc(F)c1. The predicted molar refractivity (Wildman–Crippen MR) is 39.3 cm³/mol. The molecule has 0 spiro atoms. The van der Waals surface area contributed by atoms with Gasteiger partial charge in [-0.05, 0) is 17.7 Å². The maximum absolute atomic E-state index is 12.5. The van der Waals surface area contributed by atoms with Gasteiger partial charge in [0.2, 0.25) is 0 Å². The van der Waals surface area contributed by atoms with E-state index < -0.39 is 24.4 Å². The molecule has 0 saturated carbocycles. The Hall–Kier alpha value is -1.03. The molecular weight excluding hydrogens is 167 g/mol. The van der Waals surface area contributed by atoms with Crippen molar-refractivity contribution in [3.05, 3.63) is 35.4 Å². The fraction of sp³-hybridized carbons (Fsp3) is 0.250. The number of halogens is 3. The lowest BCUT2D eigenvalue weighted by Crippen LogP contribution is -2.12. The number of alkyl halides is 1. The quantitative estimate of drug-likeness (QED) is 0.730. The normalized spacial score (nSPS) is 13.0. The molecule has 66 valence electrons. The number of hydrogen-bond acceptors (Lipinski definition) is 1. The third kappa shape index (κ3) is 1.98. The zero-order valence-electron chi connectivity index (χ0n) is 6.23. The van der Waals surface area contributed by atoms with Gasteiger partial charge in [-0.3, -0.25) is 0 Å². The van der Waals surface area contributed by atoms with E-state index in [9.17, 15) is 13.2 Å². The van der Waals surface area contributed by atoms with Crippen molar-refractivity contribution >= 4 is 0 Å². The molecule has 0 aliphatic heterocycles. The molecule has 4 heteroatoms. The van der Waals surface area contributed by atoms with Crippen LogP contribution >= 0.6 is 0 Å². The van der Waals surface area contributed by atoms with Gasteiger partial charge in [-0.25, -0.2) is 13.2 Å². The second-order valence-electron chi connectivity index (χ2n) is 2.46. The molecule has 2 N–H and O–H groups in total. The van der Waals surface area contributed by atoms with Gasteiger partial charge in [0.15, 0.2) is 0 Å². The molecule has 1 nitrogen and oxygen atoms in total. The van der Waals surface area contributed by atoms with Crippen LogP contribution in [0, 0.1) is 11.6 Å². The van der Waals surface area contributed by atoms with E-state index in [0.29, 0.717) is 6.07 Å². The molecule has 0 saturated heterocycles. The first-order valence-corrected chi connectivity index (χ1v) is 3.41. The van der Waals surface area contributed by atoms with E-state index in [1.54, 1.807) is 0 Å². The van der Waals surface area contributed by atoms with Gasteiger partial charge in [0, 0.05) is 6.07 Å². The van der Waals surface area contributed by atoms with E-state index in [1.165, 1.54) is 0 Å². The van der Waals surface area contributed by atoms with Gasteiger partial charge in [-0.2, -0.15) is 0 Å². The summed E-state index contributed by atoms with van der Waals surface area (Å²) in [6.45, 7) is -0.830. The molecule has 1 aromatic rings. The largest absolute Gasteiger partial charge is 0.322 e. The molecule has 0 aliphatic rings. The molecule has 0 heterocycles. The summed E-state index contributed by atoms with van der Waals surface area (Å²) >= 11 is 0. The van der Waals surface area contributed by atoms with Crippen LogP contribution < -0.4 is 5.73 Å². The molecule has 0 amide bonds. The van der Waals surface area contributed by atoms with Gasteiger partial charge in [-0.15, -0.1) is 0 Å². The minimum Gasteiger partial charge on any atom is -0.322 e. The summed E-state index contributed by atoms with van der Waals surface area (Å²) in [5, 5.41) is 0. The second-order valence-corrected chi connectivity index (χ2v) is 2.46. The van der Waals surface area contributed by atoms with E-state index in [0.717, 1.165) is 12.1 Å². The summed E-state index contributed by atoms with van der Waals surface area (Å²) in [4.78, 5) is 0. The van der Waals surface area contributed by atoms with Crippen LogP contribution in [0.25, 0.3) is 0 Å². The van der Waals surface area contributed by atoms with Crippen LogP contribution in [0.15, 0.2) is 18.2 Å². The van der Waals surface area contributed by atoms with Crippen LogP contribution in [-0.2, 0) is 0 Å². The van der Waals surface area contributed by atoms with E-state index in [2.05, 4.69) is 0 Å². The number of hydrogen-bond donors (Lipinski definition) is 1. The van der Waals surface area contributed by atoms with Gasteiger partial charge < -0.3 is 5.73 Å². The number of rotatable bonds is 2. The zero-order valence-corrected chi connectivity index (χ0v) is 6.23. The Morgan fingerprint density at radius 2 is 1.67 bits per heavy atom. The minimum absolute atomic E-state index is 0.134. The van der Waals surface area contributed by atoms with Crippen LogP contribution in [-0.4, -0.2) is 6.67 Å². The van der Waals surface area contributed by atoms with Gasteiger partial charge in [0.25, 0.3) is 0 Å². The molecule has 0 unspecified atom stereocenters. The van der Waals surface area contributed by atoms with E-state index in [4.69, 9.17) is 5.73 Å². The van der Waals surface area contributed by atoms with Crippen molar-refractivity contribution in [1.29, 1.82) is 0 Å². The van der Waals surface area contributed by atoms with Gasteiger partial charge in [0.05, 0.1) is 6.04 Å². The van der Waals surface area contributed by atoms with Crippen molar-refractivity contribution in [1.82, 2.24) is 0 Å². The second kappa shape index (κ2) is 3.58. The lowest BCUT2D eigenvalue weighted by Gasteiger charge is -2.06. The first kappa shape index (κ1) is 9.06. The maximum atomic E-state index is 12.5. The Morgan fingerprint density at radius 3 is 2.08 bits per heavy atom. The Morgan fingerprint density at radius 1 is 1.17 bits per heavy atom. The Balaban J connectivity index is 3.00. The third-order valence-electron chi connectivity index (χ3n) is 1.48. The van der Waals surface area contributed by atoms with E-state index in [1.807, 2.05) is 0 Å². The van der Waals surface area contributed by atoms with E-state index in [-0.39, 0.29) is 5.56 Å². The van der Waals surface area contributed by atoms with Crippen molar-refractivity contribution in [2.75, 3.05) is 6.67 Å². The van der Waals surface area contributed by atoms with Crippen molar-refractivity contribution < 1.29 is 13.2 Å². The summed E-state index contributed by atoms with van der Waals surface area (Å²) < 4.78 is 37.0. The number of nitrogens with two attached hydrogens (primary N) is 1. The van der Waals surface area contributed by atoms with E-state index >= 15 is 0 Å². The Labute approximate surface area is 68.0 Å². The van der Waals surface area contributed by atoms with Crippen LogP contribution in [0.5, 0.6) is 0 Å². The highest BCUT2D eigenvalue weighted by molar-refractivity contribution is 5.21. The lowest BCUT2D eigenvalue weighted by molar-refractivity contribution is 0.434. The van der Waals surface area contributed by atoms with Crippen LogP contribution in [0.3, 0.4) is 0 Å². The van der Waals surface area contributed by atoms with Crippen LogP contribution in [0.1, 0.15) is 11.6 Å². The summed E-state index contributed by atoms with van der Waals surface area (Å²) in [6, 6.07) is 1.81. The standard InChI is InChI=1S/C8H8F3N/c9-4-8(12)5-1-6(10)3-7(11)2-5/h1-3,8H,4,12H2/t8-/m1/s1. The first-order chi connectivity index (χ1) is 5.63. The highest BCUT2D eigenvalue weighted by Gasteiger charge is 2.07. The summed E-state index contributed by atoms with van der Waals surface area (Å²) in [6.07, 6.45) is 0. The lowest BCUT2D eigenvalue weighted by atomic mass is 10.1. The van der Waals surface area contributed by atoms with Gasteiger partial charge >= 0.3 is 0 Å². The summed E-state index contributed by atoms with van der Waals surface area (Å²) in [5.41, 5.74) is 5.36. The fourth-order valence-electron chi connectivity index (χ4n) is 0.878. The van der Waals surface area contributed by atoms with Crippen molar-refractivity contribution in [2.24, 2.45) is 5.73 Å². The Kier molecular flexibility index (Phi) is 2.70. The molecule has 0 aliphatic carbocycles. The van der Waals surface area contributed by atoms with Crippen LogP contribution in [0.4, 0.5) is 13.2 Å². The van der Waals surface area contributed by atoms with Gasteiger partial charge in [-0.1, -0.05) is 0 Å². The Bertz CT molecular complexity index is 255. The van der Waals surface area contributed by atoms with Crippen molar-refractivity contribution in [3.63, 3.8) is 0 Å². The summed E-state index contributed by atoms with van der Waals surface area (Å²) in [7, 11) is 0. The molecule has 12 heavy (non-hydrogen) atoms. The molecular formula is C8H8F3N. The molecule has 0 aromatic heterocycles. The average Bonchev–Trinajstić information content (AvgIpc) is 2.01. The highest BCUT2D eigenvalue weighted by atomic mass is 19.1. The maximum Gasteiger partial charge on any atom is 0.126 e. The fourth-order valence-corrected chi connectivity index (χ4v) is 0.878. The van der Waals surface area contributed by atoms with Crippen molar-refractivity contribution in [3.8, 4) is 0 Å². The predicted octanol–water partition coefficient (Wildman–Crippen LogP) is 1.93. The van der Waals surface area contributed by atoms with Gasteiger partial charge in [0.1, 0.15) is 18.3 Å². The third-order valence-corrected chi connectivity index (χ3v) is 1.48. The first-order valence-electron chi connectivity index (χ1n) is 3.41.